The van der Waals surface area contributed by atoms with Gasteiger partial charge >= 0.3 is 0 Å². The van der Waals surface area contributed by atoms with Gasteiger partial charge in [-0.15, -0.1) is 0 Å². The van der Waals surface area contributed by atoms with Gasteiger partial charge in [0, 0.05) is 46.9 Å². The lowest BCUT2D eigenvalue weighted by Crippen LogP contribution is -2.20. The first-order chi connectivity index (χ1) is 18.1. The lowest BCUT2D eigenvalue weighted by atomic mass is 9.99. The monoisotopic (exact) mass is 538 g/mol. The zero-order valence-corrected chi connectivity index (χ0v) is 22.6. The van der Waals surface area contributed by atoms with Crippen molar-refractivity contribution in [3.63, 3.8) is 0 Å². The van der Waals surface area contributed by atoms with Crippen molar-refractivity contribution in [3.05, 3.63) is 70.8 Å². The van der Waals surface area contributed by atoms with Gasteiger partial charge in [-0.2, -0.15) is 0 Å². The van der Waals surface area contributed by atoms with E-state index in [0.717, 1.165) is 5.56 Å². The van der Waals surface area contributed by atoms with E-state index >= 15 is 0 Å². The highest BCUT2D eigenvalue weighted by molar-refractivity contribution is 7.92. The highest BCUT2D eigenvalue weighted by atomic mass is 32.2. The third kappa shape index (κ3) is 6.35. The highest BCUT2D eigenvalue weighted by Crippen LogP contribution is 2.33. The van der Waals surface area contributed by atoms with E-state index in [4.69, 9.17) is 13.9 Å². The molecule has 4 rings (SSSR count). The SMILES string of the molecule is COc1cc(Nc2ncc(-c3cc(NS(=O)(=O)CC(C)C)cc(-c4c(C)cc[nH]c4=O)c3)o2)cc(OC)c1. The van der Waals surface area contributed by atoms with Crippen LogP contribution < -0.4 is 25.1 Å². The van der Waals surface area contributed by atoms with Gasteiger partial charge in [-0.3, -0.25) is 9.52 Å². The van der Waals surface area contributed by atoms with Crippen molar-refractivity contribution < 1.29 is 22.3 Å². The smallest absolute Gasteiger partial charge is 0.299 e. The van der Waals surface area contributed by atoms with Gasteiger partial charge in [0.2, 0.25) is 10.0 Å². The van der Waals surface area contributed by atoms with Crippen molar-refractivity contribution >= 4 is 27.4 Å². The molecule has 2 aromatic carbocycles. The van der Waals surface area contributed by atoms with E-state index < -0.39 is 10.0 Å². The number of nitrogens with zero attached hydrogens (tertiary/aromatic N) is 1. The maximum atomic E-state index is 12.7. The van der Waals surface area contributed by atoms with E-state index in [1.807, 2.05) is 20.8 Å². The second kappa shape index (κ2) is 11.0. The summed E-state index contributed by atoms with van der Waals surface area (Å²) in [7, 11) is -0.505. The van der Waals surface area contributed by atoms with Crippen LogP contribution in [-0.4, -0.2) is 38.4 Å². The molecule has 0 radical (unpaired) electrons. The Balaban J connectivity index is 1.75. The van der Waals surface area contributed by atoms with Gasteiger partial charge in [-0.1, -0.05) is 13.8 Å². The van der Waals surface area contributed by atoms with E-state index in [1.54, 1.807) is 62.9 Å². The molecule has 38 heavy (non-hydrogen) atoms. The number of nitrogens with one attached hydrogen (secondary N) is 3. The number of hydrogen-bond donors (Lipinski definition) is 3. The van der Waals surface area contributed by atoms with E-state index in [-0.39, 0.29) is 23.2 Å². The van der Waals surface area contributed by atoms with Crippen LogP contribution in [-0.2, 0) is 10.0 Å². The molecule has 0 aliphatic carbocycles. The number of aromatic nitrogens is 2. The minimum Gasteiger partial charge on any atom is -0.497 e. The molecule has 0 amide bonds. The molecule has 0 unspecified atom stereocenters. The summed E-state index contributed by atoms with van der Waals surface area (Å²) in [4.78, 5) is 19.7. The molecular weight excluding hydrogens is 508 g/mol. The molecule has 0 saturated heterocycles. The minimum atomic E-state index is -3.62. The fraction of sp³-hybridized carbons (Fsp3) is 0.259. The molecule has 0 atom stereocenters. The van der Waals surface area contributed by atoms with Gasteiger partial charge in [0.1, 0.15) is 11.5 Å². The summed E-state index contributed by atoms with van der Waals surface area (Å²) in [5.74, 6) is 1.45. The standard InChI is InChI=1S/C27H30N4O6S/c1-16(2)15-38(33,34)31-21-9-18(8-19(10-21)25-17(3)6-7-28-26(25)32)24-14-29-27(37-24)30-20-11-22(35-4)13-23(12-20)36-5/h6-14,16,31H,15H2,1-5H3,(H,28,32)(H,29,30). The molecule has 11 heteroatoms. The van der Waals surface area contributed by atoms with E-state index in [9.17, 15) is 13.2 Å². The molecule has 200 valence electrons. The number of ether oxygens (including phenoxy) is 2. The Bertz CT molecular complexity index is 1590. The van der Waals surface area contributed by atoms with Gasteiger partial charge in [0.15, 0.2) is 5.76 Å². The zero-order valence-electron chi connectivity index (χ0n) is 21.8. The van der Waals surface area contributed by atoms with Gasteiger partial charge in [-0.05, 0) is 48.2 Å². The van der Waals surface area contributed by atoms with Crippen LogP contribution in [0, 0.1) is 12.8 Å². The van der Waals surface area contributed by atoms with E-state index in [2.05, 4.69) is 20.0 Å². The molecule has 0 fully saturated rings. The maximum absolute atomic E-state index is 12.7. The van der Waals surface area contributed by atoms with Crippen molar-refractivity contribution in [1.29, 1.82) is 0 Å². The Morgan fingerprint density at radius 2 is 1.68 bits per heavy atom. The molecular formula is C27H30N4O6S. The van der Waals surface area contributed by atoms with Crippen LogP contribution in [0.15, 0.2) is 64.1 Å². The first kappa shape index (κ1) is 26.8. The normalized spacial score (nSPS) is 11.4. The van der Waals surface area contributed by atoms with Gasteiger partial charge in [-0.25, -0.2) is 13.4 Å². The fourth-order valence-electron chi connectivity index (χ4n) is 4.04. The molecule has 10 nitrogen and oxygen atoms in total. The van der Waals surface area contributed by atoms with Crippen molar-refractivity contribution in [2.24, 2.45) is 5.92 Å². The molecule has 4 aromatic rings. The second-order valence-corrected chi connectivity index (χ2v) is 11.0. The van der Waals surface area contributed by atoms with Crippen LogP contribution in [0.1, 0.15) is 19.4 Å². The average Bonchev–Trinajstić information content (AvgIpc) is 3.31. The number of aromatic amines is 1. The molecule has 2 aromatic heterocycles. The lowest BCUT2D eigenvalue weighted by molar-refractivity contribution is 0.394. The Morgan fingerprint density at radius 3 is 2.32 bits per heavy atom. The minimum absolute atomic E-state index is 0.0438. The molecule has 0 aliphatic heterocycles. The maximum Gasteiger partial charge on any atom is 0.299 e. The summed E-state index contributed by atoms with van der Waals surface area (Å²) in [6.07, 6.45) is 3.09. The summed E-state index contributed by atoms with van der Waals surface area (Å²) in [5.41, 5.74) is 2.91. The number of benzene rings is 2. The van der Waals surface area contributed by atoms with Crippen LogP contribution in [0.4, 0.5) is 17.4 Å². The van der Waals surface area contributed by atoms with Gasteiger partial charge < -0.3 is 24.2 Å². The molecule has 3 N–H and O–H groups in total. The van der Waals surface area contributed by atoms with Crippen LogP contribution in [0.3, 0.4) is 0 Å². The number of sulfonamides is 1. The summed E-state index contributed by atoms with van der Waals surface area (Å²) in [5, 5.41) is 3.08. The van der Waals surface area contributed by atoms with E-state index in [0.29, 0.717) is 45.3 Å². The summed E-state index contributed by atoms with van der Waals surface area (Å²) >= 11 is 0. The van der Waals surface area contributed by atoms with Crippen molar-refractivity contribution in [1.82, 2.24) is 9.97 Å². The van der Waals surface area contributed by atoms with Crippen LogP contribution in [0.25, 0.3) is 22.5 Å². The number of hydrogen-bond acceptors (Lipinski definition) is 8. The van der Waals surface area contributed by atoms with Crippen molar-refractivity contribution in [2.75, 3.05) is 30.0 Å². The quantitative estimate of drug-likeness (QED) is 0.252. The third-order valence-electron chi connectivity index (χ3n) is 5.61. The number of oxazole rings is 1. The number of H-pyrrole nitrogens is 1. The van der Waals surface area contributed by atoms with Crippen LogP contribution in [0.5, 0.6) is 11.5 Å². The zero-order chi connectivity index (χ0) is 27.4. The summed E-state index contributed by atoms with van der Waals surface area (Å²) in [6.45, 7) is 5.47. The Morgan fingerprint density at radius 1 is 1.00 bits per heavy atom. The fourth-order valence-corrected chi connectivity index (χ4v) is 5.48. The van der Waals surface area contributed by atoms with Crippen molar-refractivity contribution in [2.45, 2.75) is 20.8 Å². The number of aryl methyl sites for hydroxylation is 1. The molecule has 0 bridgehead atoms. The molecule has 0 saturated carbocycles. The van der Waals surface area contributed by atoms with Crippen molar-refractivity contribution in [3.8, 4) is 33.9 Å². The molecule has 0 spiro atoms. The van der Waals surface area contributed by atoms with Crippen LogP contribution >= 0.6 is 0 Å². The second-order valence-electron chi connectivity index (χ2n) is 9.20. The molecule has 0 aliphatic rings. The number of rotatable bonds is 10. The number of anilines is 3. The highest BCUT2D eigenvalue weighted by Gasteiger charge is 2.18. The third-order valence-corrected chi connectivity index (χ3v) is 7.26. The largest absolute Gasteiger partial charge is 0.497 e. The predicted molar refractivity (Wildman–Crippen MR) is 148 cm³/mol. The van der Waals surface area contributed by atoms with Gasteiger partial charge in [0.25, 0.3) is 11.6 Å². The van der Waals surface area contributed by atoms with Gasteiger partial charge in [0.05, 0.1) is 26.2 Å². The summed E-state index contributed by atoms with van der Waals surface area (Å²) in [6, 6.07) is 12.3. The Labute approximate surface area is 221 Å². The van der Waals surface area contributed by atoms with E-state index in [1.165, 1.54) is 6.20 Å². The lowest BCUT2D eigenvalue weighted by Gasteiger charge is -2.13. The molecule has 2 heterocycles. The predicted octanol–water partition coefficient (Wildman–Crippen LogP) is 5.16. The average molecular weight is 539 g/mol. The first-order valence-electron chi connectivity index (χ1n) is 11.9. The Hall–Kier alpha value is -4.25. The van der Waals surface area contributed by atoms with Crippen LogP contribution in [0.2, 0.25) is 0 Å². The first-order valence-corrected chi connectivity index (χ1v) is 13.5. The topological polar surface area (TPSA) is 136 Å². The Kier molecular flexibility index (Phi) is 7.77. The summed E-state index contributed by atoms with van der Waals surface area (Å²) < 4.78 is 44.6. The number of pyridine rings is 1. The number of methoxy groups -OCH3 is 2.